The second-order valence-electron chi connectivity index (χ2n) is 4.68. The van der Waals surface area contributed by atoms with Crippen LogP contribution >= 0.6 is 0 Å². The molecule has 0 aliphatic rings. The van der Waals surface area contributed by atoms with Crippen LogP contribution in [0.15, 0.2) is 30.7 Å². The van der Waals surface area contributed by atoms with Gasteiger partial charge in [-0.1, -0.05) is 13.3 Å². The summed E-state index contributed by atoms with van der Waals surface area (Å²) in [7, 11) is 1.92. The Morgan fingerprint density at radius 3 is 2.80 bits per heavy atom. The van der Waals surface area contributed by atoms with Crippen molar-refractivity contribution >= 4 is 11.7 Å². The van der Waals surface area contributed by atoms with E-state index in [4.69, 9.17) is 5.73 Å². The molecule has 0 aliphatic carbocycles. The van der Waals surface area contributed by atoms with Gasteiger partial charge >= 0.3 is 0 Å². The van der Waals surface area contributed by atoms with E-state index in [1.165, 1.54) is 6.20 Å². The Morgan fingerprint density at radius 2 is 2.25 bits per heavy atom. The summed E-state index contributed by atoms with van der Waals surface area (Å²) in [5.41, 5.74) is 6.01. The van der Waals surface area contributed by atoms with Gasteiger partial charge in [-0.25, -0.2) is 9.97 Å². The first kappa shape index (κ1) is 14.0. The number of aryl methyl sites for hydroxylation is 1. The molecule has 6 heteroatoms. The topological polar surface area (TPSA) is 85.8 Å². The Bertz CT molecular complexity index is 576. The first-order valence-corrected chi connectivity index (χ1v) is 6.61. The SMILES string of the molecule is CCCC(NC(=O)c1ccc(N)nc1)c1nccn1C. The Balaban J connectivity index is 2.14. The normalized spacial score (nSPS) is 12.1. The summed E-state index contributed by atoms with van der Waals surface area (Å²) in [6.45, 7) is 2.08. The maximum absolute atomic E-state index is 12.2. The minimum Gasteiger partial charge on any atom is -0.384 e. The number of nitrogens with two attached hydrogens (primary N) is 1. The van der Waals surface area contributed by atoms with Crippen LogP contribution in [0.1, 0.15) is 42.0 Å². The molecule has 0 fully saturated rings. The zero-order valence-electron chi connectivity index (χ0n) is 11.7. The van der Waals surface area contributed by atoms with E-state index >= 15 is 0 Å². The van der Waals surface area contributed by atoms with E-state index in [1.54, 1.807) is 18.3 Å². The van der Waals surface area contributed by atoms with E-state index in [0.717, 1.165) is 18.7 Å². The van der Waals surface area contributed by atoms with Gasteiger partial charge < -0.3 is 15.6 Å². The number of carbonyl (C=O) groups is 1. The number of anilines is 1. The van der Waals surface area contributed by atoms with Crippen molar-refractivity contribution in [3.05, 3.63) is 42.1 Å². The van der Waals surface area contributed by atoms with Crippen molar-refractivity contribution in [2.24, 2.45) is 7.05 Å². The van der Waals surface area contributed by atoms with Crippen LogP contribution in [0.3, 0.4) is 0 Å². The molecule has 3 N–H and O–H groups in total. The third-order valence-corrected chi connectivity index (χ3v) is 3.10. The number of hydrogen-bond donors (Lipinski definition) is 2. The summed E-state index contributed by atoms with van der Waals surface area (Å²) >= 11 is 0. The van der Waals surface area contributed by atoms with Crippen LogP contribution < -0.4 is 11.1 Å². The number of nitrogens with one attached hydrogen (secondary N) is 1. The van der Waals surface area contributed by atoms with Gasteiger partial charge in [-0.15, -0.1) is 0 Å². The standard InChI is InChI=1S/C14H19N5O/c1-3-4-11(13-16-7-8-19(13)2)18-14(20)10-5-6-12(15)17-9-10/h5-9,11H,3-4H2,1-2H3,(H2,15,17)(H,18,20). The van der Waals surface area contributed by atoms with E-state index in [-0.39, 0.29) is 11.9 Å². The zero-order chi connectivity index (χ0) is 14.5. The van der Waals surface area contributed by atoms with Gasteiger partial charge in [0, 0.05) is 25.6 Å². The minimum atomic E-state index is -0.168. The lowest BCUT2D eigenvalue weighted by Crippen LogP contribution is -2.30. The van der Waals surface area contributed by atoms with Crippen LogP contribution in [-0.4, -0.2) is 20.4 Å². The molecule has 0 radical (unpaired) electrons. The van der Waals surface area contributed by atoms with Crippen molar-refractivity contribution in [1.82, 2.24) is 19.9 Å². The molecule has 106 valence electrons. The molecule has 0 saturated carbocycles. The maximum atomic E-state index is 12.2. The number of rotatable bonds is 5. The number of aromatic nitrogens is 3. The van der Waals surface area contributed by atoms with Crippen molar-refractivity contribution in [3.63, 3.8) is 0 Å². The van der Waals surface area contributed by atoms with Crippen LogP contribution in [0.4, 0.5) is 5.82 Å². The van der Waals surface area contributed by atoms with Crippen molar-refractivity contribution < 1.29 is 4.79 Å². The van der Waals surface area contributed by atoms with Gasteiger partial charge in [-0.2, -0.15) is 0 Å². The van der Waals surface area contributed by atoms with Crippen molar-refractivity contribution in [1.29, 1.82) is 0 Å². The molecule has 1 amide bonds. The lowest BCUT2D eigenvalue weighted by molar-refractivity contribution is 0.0931. The summed E-state index contributed by atoms with van der Waals surface area (Å²) in [5.74, 6) is 1.08. The van der Waals surface area contributed by atoms with E-state index in [9.17, 15) is 4.79 Å². The lowest BCUT2D eigenvalue weighted by atomic mass is 10.1. The quantitative estimate of drug-likeness (QED) is 0.867. The lowest BCUT2D eigenvalue weighted by Gasteiger charge is -2.17. The third kappa shape index (κ3) is 3.14. The number of pyridine rings is 1. The van der Waals surface area contributed by atoms with Gasteiger partial charge in [-0.3, -0.25) is 4.79 Å². The molecule has 2 rings (SSSR count). The molecule has 0 saturated heterocycles. The monoisotopic (exact) mass is 273 g/mol. The molecule has 0 spiro atoms. The summed E-state index contributed by atoms with van der Waals surface area (Å²) in [6, 6.07) is 3.17. The molecule has 0 bridgehead atoms. The predicted octanol–water partition coefficient (Wildman–Crippen LogP) is 1.67. The summed E-state index contributed by atoms with van der Waals surface area (Å²) < 4.78 is 1.92. The van der Waals surface area contributed by atoms with Crippen LogP contribution in [0, 0.1) is 0 Å². The smallest absolute Gasteiger partial charge is 0.253 e. The van der Waals surface area contributed by atoms with Gasteiger partial charge in [0.05, 0.1) is 11.6 Å². The number of nitrogen functional groups attached to an aromatic ring is 1. The third-order valence-electron chi connectivity index (χ3n) is 3.10. The van der Waals surface area contributed by atoms with Crippen molar-refractivity contribution in [2.45, 2.75) is 25.8 Å². The summed E-state index contributed by atoms with van der Waals surface area (Å²) in [4.78, 5) is 20.5. The first-order valence-electron chi connectivity index (χ1n) is 6.61. The fourth-order valence-electron chi connectivity index (χ4n) is 2.05. The number of nitrogens with zero attached hydrogens (tertiary/aromatic N) is 3. The van der Waals surface area contributed by atoms with E-state index in [1.807, 2.05) is 17.8 Å². The minimum absolute atomic E-state index is 0.106. The van der Waals surface area contributed by atoms with E-state index < -0.39 is 0 Å². The highest BCUT2D eigenvalue weighted by Crippen LogP contribution is 2.17. The van der Waals surface area contributed by atoms with Crippen LogP contribution in [0.5, 0.6) is 0 Å². The molecule has 0 aliphatic heterocycles. The molecule has 6 nitrogen and oxygen atoms in total. The average molecular weight is 273 g/mol. The van der Waals surface area contributed by atoms with E-state index in [0.29, 0.717) is 11.4 Å². The second-order valence-corrected chi connectivity index (χ2v) is 4.68. The van der Waals surface area contributed by atoms with E-state index in [2.05, 4.69) is 22.2 Å². The van der Waals surface area contributed by atoms with Gasteiger partial charge in [0.15, 0.2) is 0 Å². The summed E-state index contributed by atoms with van der Waals surface area (Å²) in [6.07, 6.45) is 6.87. The molecular formula is C14H19N5O. The molecule has 2 aromatic rings. The average Bonchev–Trinajstić information content (AvgIpc) is 2.85. The highest BCUT2D eigenvalue weighted by molar-refractivity contribution is 5.94. The Morgan fingerprint density at radius 1 is 1.45 bits per heavy atom. The van der Waals surface area contributed by atoms with Crippen LogP contribution in [-0.2, 0) is 7.05 Å². The van der Waals surface area contributed by atoms with Crippen molar-refractivity contribution in [2.75, 3.05) is 5.73 Å². The van der Waals surface area contributed by atoms with Crippen molar-refractivity contribution in [3.8, 4) is 0 Å². The van der Waals surface area contributed by atoms with Crippen LogP contribution in [0.2, 0.25) is 0 Å². The largest absolute Gasteiger partial charge is 0.384 e. The Kier molecular flexibility index (Phi) is 4.34. The predicted molar refractivity (Wildman–Crippen MR) is 77.0 cm³/mol. The molecule has 20 heavy (non-hydrogen) atoms. The van der Waals surface area contributed by atoms with Gasteiger partial charge in [0.25, 0.3) is 5.91 Å². The molecule has 1 unspecified atom stereocenters. The second kappa shape index (κ2) is 6.18. The fraction of sp³-hybridized carbons (Fsp3) is 0.357. The number of carbonyl (C=O) groups excluding carboxylic acids is 1. The summed E-state index contributed by atoms with van der Waals surface area (Å²) in [5, 5.41) is 2.99. The molecule has 2 aromatic heterocycles. The maximum Gasteiger partial charge on any atom is 0.253 e. The fourth-order valence-corrected chi connectivity index (χ4v) is 2.05. The Labute approximate surface area is 118 Å². The first-order chi connectivity index (χ1) is 9.61. The highest BCUT2D eigenvalue weighted by Gasteiger charge is 2.18. The van der Waals surface area contributed by atoms with Gasteiger partial charge in [0.1, 0.15) is 11.6 Å². The van der Waals surface area contributed by atoms with Gasteiger partial charge in [-0.05, 0) is 18.6 Å². The molecule has 2 heterocycles. The Hall–Kier alpha value is -2.37. The highest BCUT2D eigenvalue weighted by atomic mass is 16.1. The number of imidazole rings is 1. The van der Waals surface area contributed by atoms with Crippen LogP contribution in [0.25, 0.3) is 0 Å². The molecule has 1 atom stereocenters. The number of amides is 1. The molecular weight excluding hydrogens is 254 g/mol. The zero-order valence-corrected chi connectivity index (χ0v) is 11.7. The van der Waals surface area contributed by atoms with Gasteiger partial charge in [0.2, 0.25) is 0 Å². The number of hydrogen-bond acceptors (Lipinski definition) is 4. The molecule has 0 aromatic carbocycles.